The van der Waals surface area contributed by atoms with E-state index in [1.807, 2.05) is 30.3 Å². The van der Waals surface area contributed by atoms with Crippen LogP contribution in [-0.4, -0.2) is 9.36 Å². The van der Waals surface area contributed by atoms with Crippen LogP contribution < -0.4 is 16.6 Å². The Labute approximate surface area is 85.1 Å². The van der Waals surface area contributed by atoms with Crippen LogP contribution >= 0.6 is 11.5 Å². The molecular formula is C8H9N5S. The third-order valence-electron chi connectivity index (χ3n) is 1.58. The molecule has 6 heteroatoms. The number of hydrogen-bond donors (Lipinski definition) is 3. The molecule has 0 bridgehead atoms. The van der Waals surface area contributed by atoms with Crippen molar-refractivity contribution >= 4 is 28.3 Å². The van der Waals surface area contributed by atoms with E-state index in [1.54, 1.807) is 0 Å². The van der Waals surface area contributed by atoms with E-state index in [0.29, 0.717) is 11.1 Å². The molecule has 72 valence electrons. The van der Waals surface area contributed by atoms with Crippen LogP contribution in [0.5, 0.6) is 0 Å². The largest absolute Gasteiger partial charge is 0.330 e. The molecule has 0 atom stereocenters. The summed E-state index contributed by atoms with van der Waals surface area (Å²) in [4.78, 5) is 4.08. The zero-order valence-electron chi connectivity index (χ0n) is 7.27. The molecule has 0 radical (unpaired) electrons. The van der Waals surface area contributed by atoms with Crippen molar-refractivity contribution in [2.75, 3.05) is 10.7 Å². The van der Waals surface area contributed by atoms with Gasteiger partial charge in [-0.25, -0.2) is 5.84 Å². The molecule has 1 heterocycles. The van der Waals surface area contributed by atoms with Crippen LogP contribution in [0.2, 0.25) is 0 Å². The van der Waals surface area contributed by atoms with E-state index < -0.39 is 0 Å². The molecular weight excluding hydrogens is 198 g/mol. The van der Waals surface area contributed by atoms with Gasteiger partial charge in [0, 0.05) is 17.2 Å². The first-order valence-corrected chi connectivity index (χ1v) is 4.78. The van der Waals surface area contributed by atoms with Crippen molar-refractivity contribution in [3.8, 4) is 0 Å². The van der Waals surface area contributed by atoms with Gasteiger partial charge in [-0.15, -0.1) is 0 Å². The lowest BCUT2D eigenvalue weighted by atomic mass is 10.3. The number of benzene rings is 1. The first kappa shape index (κ1) is 8.92. The minimum atomic E-state index is 0.424. The quantitative estimate of drug-likeness (QED) is 0.526. The van der Waals surface area contributed by atoms with Crippen LogP contribution in [0.4, 0.5) is 16.8 Å². The van der Waals surface area contributed by atoms with Gasteiger partial charge in [0.2, 0.25) is 5.13 Å². The molecule has 0 aliphatic rings. The lowest BCUT2D eigenvalue weighted by Gasteiger charge is -1.99. The highest BCUT2D eigenvalue weighted by Crippen LogP contribution is 2.18. The molecule has 0 saturated heterocycles. The number of hydrazine groups is 1. The standard InChI is InChI=1S/C8H9N5S/c9-12-7-11-8(14-13-7)10-6-4-2-1-3-5-6/h1-5H,9H2,(H2,10,11,12,13). The summed E-state index contributed by atoms with van der Waals surface area (Å²) < 4.78 is 3.96. The smallest absolute Gasteiger partial charge is 0.250 e. The minimum absolute atomic E-state index is 0.424. The molecule has 4 N–H and O–H groups in total. The van der Waals surface area contributed by atoms with Crippen molar-refractivity contribution in [2.45, 2.75) is 0 Å². The zero-order chi connectivity index (χ0) is 9.80. The van der Waals surface area contributed by atoms with Gasteiger partial charge in [-0.2, -0.15) is 9.36 Å². The number of para-hydroxylation sites is 1. The SMILES string of the molecule is NNc1nsc(Nc2ccccc2)n1. The van der Waals surface area contributed by atoms with Crippen LogP contribution in [0.25, 0.3) is 0 Å². The van der Waals surface area contributed by atoms with E-state index in [0.717, 1.165) is 5.69 Å². The van der Waals surface area contributed by atoms with Crippen molar-refractivity contribution < 1.29 is 0 Å². The topological polar surface area (TPSA) is 75.9 Å². The van der Waals surface area contributed by atoms with Crippen molar-refractivity contribution in [2.24, 2.45) is 5.84 Å². The second-order valence-corrected chi connectivity index (χ2v) is 3.31. The first-order chi connectivity index (χ1) is 6.88. The van der Waals surface area contributed by atoms with Crippen LogP contribution in [0.1, 0.15) is 0 Å². The Morgan fingerprint density at radius 1 is 1.21 bits per heavy atom. The molecule has 0 unspecified atom stereocenters. The number of nitrogens with two attached hydrogens (primary N) is 1. The number of anilines is 3. The van der Waals surface area contributed by atoms with E-state index in [-0.39, 0.29) is 0 Å². The number of nitrogens with zero attached hydrogens (tertiary/aromatic N) is 2. The average Bonchev–Trinajstić information content (AvgIpc) is 2.67. The predicted molar refractivity (Wildman–Crippen MR) is 57.4 cm³/mol. The van der Waals surface area contributed by atoms with Gasteiger partial charge in [0.05, 0.1) is 0 Å². The Morgan fingerprint density at radius 3 is 2.64 bits per heavy atom. The van der Waals surface area contributed by atoms with Gasteiger partial charge in [0.1, 0.15) is 0 Å². The molecule has 1 aromatic carbocycles. The van der Waals surface area contributed by atoms with Crippen molar-refractivity contribution in [1.82, 2.24) is 9.36 Å². The monoisotopic (exact) mass is 207 g/mol. The molecule has 1 aromatic heterocycles. The van der Waals surface area contributed by atoms with Gasteiger partial charge in [-0.3, -0.25) is 5.43 Å². The highest BCUT2D eigenvalue weighted by Gasteiger charge is 2.01. The Hall–Kier alpha value is -1.66. The number of rotatable bonds is 3. The van der Waals surface area contributed by atoms with Crippen molar-refractivity contribution in [1.29, 1.82) is 0 Å². The molecule has 0 aliphatic heterocycles. The normalized spacial score (nSPS) is 9.79. The average molecular weight is 207 g/mol. The molecule has 5 nitrogen and oxygen atoms in total. The lowest BCUT2D eigenvalue weighted by molar-refractivity contribution is 1.21. The van der Waals surface area contributed by atoms with Crippen LogP contribution in [0.3, 0.4) is 0 Å². The molecule has 0 amide bonds. The van der Waals surface area contributed by atoms with E-state index in [9.17, 15) is 0 Å². The summed E-state index contributed by atoms with van der Waals surface area (Å²) in [6.07, 6.45) is 0. The van der Waals surface area contributed by atoms with E-state index in [2.05, 4.69) is 20.1 Å². The van der Waals surface area contributed by atoms with Crippen LogP contribution in [0.15, 0.2) is 30.3 Å². The Balaban J connectivity index is 2.11. The molecule has 0 saturated carbocycles. The predicted octanol–water partition coefficient (Wildman–Crippen LogP) is 1.57. The summed E-state index contributed by atoms with van der Waals surface area (Å²) in [6.45, 7) is 0. The molecule has 2 aromatic rings. The molecule has 0 spiro atoms. The highest BCUT2D eigenvalue weighted by molar-refractivity contribution is 7.10. The summed E-state index contributed by atoms with van der Waals surface area (Å²) >= 11 is 1.25. The lowest BCUT2D eigenvalue weighted by Crippen LogP contribution is -2.07. The van der Waals surface area contributed by atoms with E-state index in [1.165, 1.54) is 11.5 Å². The maximum Gasteiger partial charge on any atom is 0.250 e. The third-order valence-corrected chi connectivity index (χ3v) is 2.21. The van der Waals surface area contributed by atoms with Gasteiger partial charge in [0.25, 0.3) is 5.95 Å². The third kappa shape index (κ3) is 1.98. The summed E-state index contributed by atoms with van der Waals surface area (Å²) in [5, 5.41) is 3.82. The second kappa shape index (κ2) is 4.03. The zero-order valence-corrected chi connectivity index (χ0v) is 8.08. The molecule has 0 fully saturated rings. The Kier molecular flexibility index (Phi) is 2.57. The minimum Gasteiger partial charge on any atom is -0.330 e. The van der Waals surface area contributed by atoms with Gasteiger partial charge in [-0.1, -0.05) is 18.2 Å². The fourth-order valence-corrected chi connectivity index (χ4v) is 1.54. The van der Waals surface area contributed by atoms with Crippen LogP contribution in [-0.2, 0) is 0 Å². The summed E-state index contributed by atoms with van der Waals surface area (Å²) in [5.74, 6) is 5.58. The number of hydrogen-bond acceptors (Lipinski definition) is 6. The van der Waals surface area contributed by atoms with Gasteiger partial charge in [0.15, 0.2) is 0 Å². The first-order valence-electron chi connectivity index (χ1n) is 4.01. The second-order valence-electron chi connectivity index (χ2n) is 2.56. The van der Waals surface area contributed by atoms with Crippen molar-refractivity contribution in [3.05, 3.63) is 30.3 Å². The highest BCUT2D eigenvalue weighted by atomic mass is 32.1. The van der Waals surface area contributed by atoms with Gasteiger partial charge < -0.3 is 5.32 Å². The fraction of sp³-hybridized carbons (Fsp3) is 0. The van der Waals surface area contributed by atoms with Gasteiger partial charge in [-0.05, 0) is 12.1 Å². The Morgan fingerprint density at radius 2 is 2.00 bits per heavy atom. The fourth-order valence-electron chi connectivity index (χ4n) is 0.978. The van der Waals surface area contributed by atoms with E-state index >= 15 is 0 Å². The number of nitrogens with one attached hydrogen (secondary N) is 2. The number of aromatic nitrogens is 2. The van der Waals surface area contributed by atoms with E-state index in [4.69, 9.17) is 5.84 Å². The maximum atomic E-state index is 5.16. The molecule has 14 heavy (non-hydrogen) atoms. The van der Waals surface area contributed by atoms with Gasteiger partial charge >= 0.3 is 0 Å². The Bertz CT molecular complexity index is 399. The summed E-state index contributed by atoms with van der Waals surface area (Å²) in [5.41, 5.74) is 3.36. The summed E-state index contributed by atoms with van der Waals surface area (Å²) in [6, 6.07) is 9.77. The summed E-state index contributed by atoms with van der Waals surface area (Å²) in [7, 11) is 0. The van der Waals surface area contributed by atoms with Crippen molar-refractivity contribution in [3.63, 3.8) is 0 Å². The maximum absolute atomic E-state index is 5.16. The number of nitrogen functional groups attached to an aromatic ring is 1. The molecule has 2 rings (SSSR count). The molecule has 0 aliphatic carbocycles. The van der Waals surface area contributed by atoms with Crippen LogP contribution in [0, 0.1) is 0 Å².